The molecule has 0 radical (unpaired) electrons. The lowest BCUT2D eigenvalue weighted by molar-refractivity contribution is 0.0182. The topological polar surface area (TPSA) is 64.8 Å². The Kier molecular flexibility index (Phi) is 7.17. The summed E-state index contributed by atoms with van der Waals surface area (Å²) in [4.78, 5) is 14.6. The molecule has 2 aromatic rings. The van der Waals surface area contributed by atoms with Gasteiger partial charge in [-0.05, 0) is 42.6 Å². The van der Waals surface area contributed by atoms with Crippen molar-refractivity contribution in [3.05, 3.63) is 60.7 Å². The molecule has 1 amide bonds. The third kappa shape index (κ3) is 5.25. The van der Waals surface area contributed by atoms with Crippen LogP contribution in [0.2, 0.25) is 5.04 Å². The second-order valence-corrected chi connectivity index (χ2v) is 15.1. The Labute approximate surface area is 194 Å². The number of likely N-dealkylation sites (tertiary alicyclic amines) is 1. The molecule has 2 N–H and O–H groups in total. The molecule has 32 heavy (non-hydrogen) atoms. The summed E-state index contributed by atoms with van der Waals surface area (Å²) in [5.41, 5.74) is 5.72. The van der Waals surface area contributed by atoms with E-state index in [0.717, 1.165) is 0 Å². The van der Waals surface area contributed by atoms with E-state index >= 15 is 0 Å². The molecule has 1 saturated heterocycles. The predicted octanol–water partition coefficient (Wildman–Crippen LogP) is 3.90. The van der Waals surface area contributed by atoms with E-state index in [1.54, 1.807) is 4.90 Å². The van der Waals surface area contributed by atoms with Crippen molar-refractivity contribution in [3.63, 3.8) is 0 Å². The smallest absolute Gasteiger partial charge is 0.410 e. The van der Waals surface area contributed by atoms with Gasteiger partial charge in [-0.1, -0.05) is 81.4 Å². The number of nitrogens with zero attached hydrogens (tertiary/aromatic N) is 1. The Morgan fingerprint density at radius 1 is 0.969 bits per heavy atom. The Hall–Kier alpha value is -2.15. The number of hydrogen-bond donors (Lipinski definition) is 1. The fraction of sp³-hybridized carbons (Fsp3) is 0.500. The first-order chi connectivity index (χ1) is 14.9. The van der Waals surface area contributed by atoms with Crippen LogP contribution < -0.4 is 16.1 Å². The van der Waals surface area contributed by atoms with Crippen LogP contribution in [0.1, 0.15) is 48.0 Å². The molecule has 0 unspecified atom stereocenters. The van der Waals surface area contributed by atoms with E-state index in [0.29, 0.717) is 19.6 Å². The van der Waals surface area contributed by atoms with Crippen molar-refractivity contribution in [1.82, 2.24) is 4.90 Å². The molecule has 0 spiro atoms. The molecule has 174 valence electrons. The minimum absolute atomic E-state index is 0.0738. The summed E-state index contributed by atoms with van der Waals surface area (Å²) in [6, 6.07) is 20.9. The quantitative estimate of drug-likeness (QED) is 0.696. The minimum atomic E-state index is -2.67. The zero-order valence-electron chi connectivity index (χ0n) is 20.3. The molecule has 0 aromatic heterocycles. The van der Waals surface area contributed by atoms with Crippen LogP contribution in [-0.4, -0.2) is 50.1 Å². The van der Waals surface area contributed by atoms with Crippen molar-refractivity contribution >= 4 is 24.8 Å². The van der Waals surface area contributed by atoms with Crippen molar-refractivity contribution in [2.75, 3.05) is 13.2 Å². The minimum Gasteiger partial charge on any atom is -0.444 e. The van der Waals surface area contributed by atoms with Crippen LogP contribution in [0.4, 0.5) is 4.79 Å². The standard InChI is InChI=1S/C26H38N2O3Si/c1-25(2,3)31-24(29)28-18-20(27)17-21(28)19-30-32(26(4,5)6,22-13-9-7-10-14-22)23-15-11-8-12-16-23/h7-16,20-21H,17-19,27H2,1-6H3/t20-,21+/m1/s1. The lowest BCUT2D eigenvalue weighted by atomic mass is 10.2. The molecule has 6 heteroatoms. The number of hydrogen-bond acceptors (Lipinski definition) is 4. The van der Waals surface area contributed by atoms with Crippen molar-refractivity contribution in [1.29, 1.82) is 0 Å². The summed E-state index contributed by atoms with van der Waals surface area (Å²) in [7, 11) is -2.67. The third-order valence-electron chi connectivity index (χ3n) is 5.98. The molecule has 0 bridgehead atoms. The molecule has 2 aromatic carbocycles. The fourth-order valence-electron chi connectivity index (χ4n) is 4.64. The highest BCUT2D eigenvalue weighted by Gasteiger charge is 2.51. The number of ether oxygens (including phenoxy) is 1. The van der Waals surface area contributed by atoms with Crippen LogP contribution in [-0.2, 0) is 9.16 Å². The van der Waals surface area contributed by atoms with Crippen LogP contribution in [0.5, 0.6) is 0 Å². The van der Waals surface area contributed by atoms with Crippen LogP contribution >= 0.6 is 0 Å². The van der Waals surface area contributed by atoms with Crippen LogP contribution in [0.25, 0.3) is 0 Å². The van der Waals surface area contributed by atoms with E-state index in [4.69, 9.17) is 14.9 Å². The van der Waals surface area contributed by atoms with Gasteiger partial charge in [0.15, 0.2) is 0 Å². The predicted molar refractivity (Wildman–Crippen MR) is 133 cm³/mol. The number of carbonyl (C=O) groups excluding carboxylic acids is 1. The first kappa shape index (κ1) is 24.5. The van der Waals surface area contributed by atoms with Crippen molar-refractivity contribution < 1.29 is 14.0 Å². The molecule has 1 heterocycles. The summed E-state index contributed by atoms with van der Waals surface area (Å²) >= 11 is 0. The second-order valence-electron chi connectivity index (χ2n) is 10.8. The van der Waals surface area contributed by atoms with Gasteiger partial charge in [0.2, 0.25) is 0 Å². The Morgan fingerprint density at radius 3 is 1.91 bits per heavy atom. The third-order valence-corrected chi connectivity index (χ3v) is 11.0. The number of amides is 1. The molecule has 5 nitrogen and oxygen atoms in total. The lowest BCUT2D eigenvalue weighted by Gasteiger charge is -2.44. The normalized spacial score (nSPS) is 19.8. The number of benzene rings is 2. The molecule has 1 aliphatic heterocycles. The zero-order chi connectivity index (χ0) is 23.6. The molecule has 0 saturated carbocycles. The van der Waals surface area contributed by atoms with Gasteiger partial charge in [-0.2, -0.15) is 0 Å². The van der Waals surface area contributed by atoms with Gasteiger partial charge in [-0.3, -0.25) is 0 Å². The molecule has 2 atom stereocenters. The van der Waals surface area contributed by atoms with Gasteiger partial charge in [0.1, 0.15) is 5.60 Å². The highest BCUT2D eigenvalue weighted by molar-refractivity contribution is 6.99. The zero-order valence-corrected chi connectivity index (χ0v) is 21.3. The first-order valence-electron chi connectivity index (χ1n) is 11.4. The monoisotopic (exact) mass is 454 g/mol. The van der Waals surface area contributed by atoms with Gasteiger partial charge in [0.05, 0.1) is 12.6 Å². The van der Waals surface area contributed by atoms with Gasteiger partial charge in [0, 0.05) is 12.6 Å². The Morgan fingerprint density at radius 2 is 1.47 bits per heavy atom. The number of nitrogens with two attached hydrogens (primary N) is 1. The van der Waals surface area contributed by atoms with Gasteiger partial charge in [-0.25, -0.2) is 4.79 Å². The second kappa shape index (κ2) is 9.38. The summed E-state index contributed by atoms with van der Waals surface area (Å²) in [6.45, 7) is 13.3. The number of rotatable bonds is 5. The average molecular weight is 455 g/mol. The van der Waals surface area contributed by atoms with Gasteiger partial charge >= 0.3 is 6.09 Å². The summed E-state index contributed by atoms with van der Waals surface area (Å²) in [5, 5.41) is 2.34. The maximum absolute atomic E-state index is 12.9. The number of carbonyl (C=O) groups is 1. The molecule has 1 fully saturated rings. The van der Waals surface area contributed by atoms with E-state index in [9.17, 15) is 4.79 Å². The maximum Gasteiger partial charge on any atom is 0.410 e. The summed E-state index contributed by atoms with van der Waals surface area (Å²) in [6.07, 6.45) is 0.388. The summed E-state index contributed by atoms with van der Waals surface area (Å²) < 4.78 is 12.7. The fourth-order valence-corrected chi connectivity index (χ4v) is 9.24. The molecular weight excluding hydrogens is 416 g/mol. The van der Waals surface area contributed by atoms with Gasteiger partial charge in [-0.15, -0.1) is 0 Å². The first-order valence-corrected chi connectivity index (χ1v) is 13.3. The summed E-state index contributed by atoms with van der Waals surface area (Å²) in [5.74, 6) is 0. The maximum atomic E-state index is 12.9. The van der Waals surface area contributed by atoms with Crippen molar-refractivity contribution in [2.45, 2.75) is 70.7 Å². The highest BCUT2D eigenvalue weighted by atomic mass is 28.4. The largest absolute Gasteiger partial charge is 0.444 e. The van der Waals surface area contributed by atoms with E-state index in [2.05, 4.69) is 69.3 Å². The average Bonchev–Trinajstić information content (AvgIpc) is 3.09. The Balaban J connectivity index is 1.96. The van der Waals surface area contributed by atoms with E-state index in [1.807, 2.05) is 32.9 Å². The lowest BCUT2D eigenvalue weighted by Crippen LogP contribution is -2.67. The van der Waals surface area contributed by atoms with Crippen molar-refractivity contribution in [2.24, 2.45) is 5.73 Å². The van der Waals surface area contributed by atoms with Gasteiger partial charge < -0.3 is 19.8 Å². The molecule has 3 rings (SSSR count). The Bertz CT molecular complexity index is 851. The highest BCUT2D eigenvalue weighted by Crippen LogP contribution is 2.37. The van der Waals surface area contributed by atoms with Crippen molar-refractivity contribution in [3.8, 4) is 0 Å². The van der Waals surface area contributed by atoms with E-state index in [1.165, 1.54) is 10.4 Å². The van der Waals surface area contributed by atoms with E-state index < -0.39 is 13.9 Å². The van der Waals surface area contributed by atoms with Crippen LogP contribution in [0.3, 0.4) is 0 Å². The van der Waals surface area contributed by atoms with Crippen LogP contribution in [0.15, 0.2) is 60.7 Å². The molecule has 0 aliphatic carbocycles. The molecular formula is C26H38N2O3Si. The van der Waals surface area contributed by atoms with Gasteiger partial charge in [0.25, 0.3) is 8.32 Å². The molecule has 1 aliphatic rings. The van der Waals surface area contributed by atoms with Crippen LogP contribution in [0, 0.1) is 0 Å². The van der Waals surface area contributed by atoms with E-state index in [-0.39, 0.29) is 23.2 Å². The SMILES string of the molecule is CC(C)(C)OC(=O)N1C[C@H](N)C[C@H]1CO[Si](c1ccccc1)(c1ccccc1)C(C)(C)C.